The molecule has 1 aliphatic rings. The first kappa shape index (κ1) is 13.6. The van der Waals surface area contributed by atoms with Gasteiger partial charge in [0.15, 0.2) is 0 Å². The number of thioether (sulfide) groups is 1. The van der Waals surface area contributed by atoms with Crippen molar-refractivity contribution < 1.29 is 9.63 Å². The highest BCUT2D eigenvalue weighted by Gasteiger charge is 2.28. The third-order valence-corrected chi connectivity index (χ3v) is 4.17. The molecule has 0 spiro atoms. The number of nitrogens with zero attached hydrogens (tertiary/aromatic N) is 2. The number of benzene rings is 1. The van der Waals surface area contributed by atoms with E-state index in [0.717, 1.165) is 11.3 Å². The van der Waals surface area contributed by atoms with Gasteiger partial charge in [0.2, 0.25) is 11.7 Å². The number of aromatic nitrogens is 2. The summed E-state index contributed by atoms with van der Waals surface area (Å²) in [5, 5.41) is 16.7. The van der Waals surface area contributed by atoms with Crippen LogP contribution in [0.1, 0.15) is 25.3 Å². The minimum absolute atomic E-state index is 0.0406. The van der Waals surface area contributed by atoms with Crippen LogP contribution in [-0.4, -0.2) is 33.6 Å². The maximum absolute atomic E-state index is 9.51. The lowest BCUT2D eigenvalue weighted by atomic mass is 10.2. The molecular weight excluding hydrogens is 274 g/mol. The first-order chi connectivity index (χ1) is 9.76. The van der Waals surface area contributed by atoms with Gasteiger partial charge in [-0.3, -0.25) is 0 Å². The van der Waals surface area contributed by atoms with Gasteiger partial charge in [-0.15, -0.1) is 11.8 Å². The lowest BCUT2D eigenvalue weighted by Gasteiger charge is -2.01. The molecule has 0 radical (unpaired) electrons. The highest BCUT2D eigenvalue weighted by molar-refractivity contribution is 7.99. The van der Waals surface area contributed by atoms with Crippen molar-refractivity contribution >= 4 is 11.8 Å². The second kappa shape index (κ2) is 5.95. The number of rotatable bonds is 4. The van der Waals surface area contributed by atoms with E-state index in [4.69, 9.17) is 4.52 Å². The van der Waals surface area contributed by atoms with Crippen LogP contribution in [0.15, 0.2) is 33.7 Å². The summed E-state index contributed by atoms with van der Waals surface area (Å²) in [5.74, 6) is 2.20. The number of hydrogen-bond donors (Lipinski definition) is 2. The fraction of sp³-hybridized carbons (Fsp3) is 0.429. The minimum atomic E-state index is -0.333. The Bertz CT molecular complexity index is 570. The molecule has 1 saturated heterocycles. The van der Waals surface area contributed by atoms with Crippen molar-refractivity contribution in [3.05, 3.63) is 30.2 Å². The van der Waals surface area contributed by atoms with Gasteiger partial charge in [-0.2, -0.15) is 4.98 Å². The summed E-state index contributed by atoms with van der Waals surface area (Å²) in [5.41, 5.74) is 0.944. The Balaban J connectivity index is 1.76. The second-order valence-corrected chi connectivity index (χ2v) is 6.10. The molecule has 20 heavy (non-hydrogen) atoms. The first-order valence-electron chi connectivity index (χ1n) is 6.74. The summed E-state index contributed by atoms with van der Waals surface area (Å²) in [6.45, 7) is 2.71. The predicted molar refractivity (Wildman–Crippen MR) is 77.5 cm³/mol. The number of β-amino-alcohol motifs (C(OH)–C–C–N with tert-alkyl or cyclic N) is 1. The summed E-state index contributed by atoms with van der Waals surface area (Å²) >= 11 is 1.80. The SMILES string of the molecule is CCSc1ccc(-c2noc([C@@H]3C[C@H](O)CN3)n2)cc1. The summed E-state index contributed by atoms with van der Waals surface area (Å²) < 4.78 is 5.29. The molecule has 0 bridgehead atoms. The molecule has 1 aromatic carbocycles. The number of hydrogen-bond acceptors (Lipinski definition) is 6. The molecule has 0 aliphatic carbocycles. The van der Waals surface area contributed by atoms with Gasteiger partial charge in [-0.05, 0) is 36.4 Å². The molecule has 5 nitrogen and oxygen atoms in total. The van der Waals surface area contributed by atoms with Crippen molar-refractivity contribution in [2.24, 2.45) is 0 Å². The van der Waals surface area contributed by atoms with Crippen LogP contribution in [0.2, 0.25) is 0 Å². The Morgan fingerprint density at radius 3 is 2.85 bits per heavy atom. The third kappa shape index (κ3) is 2.87. The topological polar surface area (TPSA) is 71.2 Å². The van der Waals surface area contributed by atoms with Gasteiger partial charge in [0.05, 0.1) is 12.1 Å². The Labute approximate surface area is 121 Å². The van der Waals surface area contributed by atoms with E-state index >= 15 is 0 Å². The largest absolute Gasteiger partial charge is 0.392 e. The van der Waals surface area contributed by atoms with Crippen molar-refractivity contribution in [3.63, 3.8) is 0 Å². The van der Waals surface area contributed by atoms with Gasteiger partial charge < -0.3 is 14.9 Å². The highest BCUT2D eigenvalue weighted by Crippen LogP contribution is 2.26. The molecule has 0 saturated carbocycles. The van der Waals surface area contributed by atoms with E-state index in [1.54, 1.807) is 11.8 Å². The number of aliphatic hydroxyl groups excluding tert-OH is 1. The Morgan fingerprint density at radius 1 is 1.40 bits per heavy atom. The zero-order valence-electron chi connectivity index (χ0n) is 11.2. The third-order valence-electron chi connectivity index (χ3n) is 3.27. The van der Waals surface area contributed by atoms with Gasteiger partial charge >= 0.3 is 0 Å². The molecule has 0 unspecified atom stereocenters. The summed E-state index contributed by atoms with van der Waals surface area (Å²) in [7, 11) is 0. The quantitative estimate of drug-likeness (QED) is 0.842. The Hall–Kier alpha value is -1.37. The smallest absolute Gasteiger partial charge is 0.244 e. The molecule has 1 aliphatic heterocycles. The van der Waals surface area contributed by atoms with Crippen LogP contribution in [0.4, 0.5) is 0 Å². The molecule has 106 valence electrons. The van der Waals surface area contributed by atoms with E-state index in [-0.39, 0.29) is 12.1 Å². The monoisotopic (exact) mass is 291 g/mol. The van der Waals surface area contributed by atoms with E-state index in [9.17, 15) is 5.11 Å². The maximum Gasteiger partial charge on any atom is 0.244 e. The summed E-state index contributed by atoms with van der Waals surface area (Å²) in [6.07, 6.45) is 0.286. The van der Waals surface area contributed by atoms with Gasteiger partial charge in [-0.1, -0.05) is 12.1 Å². The van der Waals surface area contributed by atoms with Crippen molar-refractivity contribution in [1.82, 2.24) is 15.5 Å². The highest BCUT2D eigenvalue weighted by atomic mass is 32.2. The lowest BCUT2D eigenvalue weighted by Crippen LogP contribution is -2.15. The van der Waals surface area contributed by atoms with E-state index in [2.05, 4.69) is 34.5 Å². The number of nitrogens with one attached hydrogen (secondary N) is 1. The summed E-state index contributed by atoms with van der Waals surface area (Å²) in [4.78, 5) is 5.65. The van der Waals surface area contributed by atoms with Gasteiger partial charge in [0.1, 0.15) is 0 Å². The molecule has 1 fully saturated rings. The van der Waals surface area contributed by atoms with Crippen molar-refractivity contribution in [3.8, 4) is 11.4 Å². The van der Waals surface area contributed by atoms with Crippen LogP contribution in [0, 0.1) is 0 Å². The molecule has 0 amide bonds. The normalized spacial score (nSPS) is 22.3. The average Bonchev–Trinajstić information content (AvgIpc) is 3.09. The molecule has 2 atom stereocenters. The molecule has 6 heteroatoms. The van der Waals surface area contributed by atoms with Crippen molar-refractivity contribution in [1.29, 1.82) is 0 Å². The molecular formula is C14H17N3O2S. The van der Waals surface area contributed by atoms with Gasteiger partial charge in [-0.25, -0.2) is 0 Å². The minimum Gasteiger partial charge on any atom is -0.392 e. The zero-order valence-corrected chi connectivity index (χ0v) is 12.1. The molecule has 3 rings (SSSR count). The van der Waals surface area contributed by atoms with Crippen LogP contribution < -0.4 is 5.32 Å². The average molecular weight is 291 g/mol. The van der Waals surface area contributed by atoms with Crippen LogP contribution in [0.5, 0.6) is 0 Å². The van der Waals surface area contributed by atoms with E-state index in [1.165, 1.54) is 4.90 Å². The van der Waals surface area contributed by atoms with Gasteiger partial charge in [0, 0.05) is 17.0 Å². The van der Waals surface area contributed by atoms with E-state index < -0.39 is 0 Å². The van der Waals surface area contributed by atoms with Gasteiger partial charge in [0.25, 0.3) is 0 Å². The van der Waals surface area contributed by atoms with Crippen LogP contribution >= 0.6 is 11.8 Å². The van der Waals surface area contributed by atoms with Crippen molar-refractivity contribution in [2.45, 2.75) is 30.4 Å². The van der Waals surface area contributed by atoms with Crippen LogP contribution in [-0.2, 0) is 0 Å². The zero-order chi connectivity index (χ0) is 13.9. The Kier molecular flexibility index (Phi) is 4.05. The maximum atomic E-state index is 9.51. The standard InChI is InChI=1S/C14H17N3O2S/c1-2-20-11-5-3-9(4-6-11)13-16-14(19-17-13)12-7-10(18)8-15-12/h3-6,10,12,15,18H,2,7-8H2,1H3/t10-,12-/m0/s1. The molecule has 2 N–H and O–H groups in total. The molecule has 1 aromatic heterocycles. The fourth-order valence-corrected chi connectivity index (χ4v) is 2.93. The van der Waals surface area contributed by atoms with Crippen molar-refractivity contribution in [2.75, 3.05) is 12.3 Å². The van der Waals surface area contributed by atoms with E-state index in [0.29, 0.717) is 24.7 Å². The molecule has 2 heterocycles. The predicted octanol–water partition coefficient (Wildman–Crippen LogP) is 2.24. The van der Waals surface area contributed by atoms with Crippen LogP contribution in [0.25, 0.3) is 11.4 Å². The number of aliphatic hydroxyl groups is 1. The van der Waals surface area contributed by atoms with E-state index in [1.807, 2.05) is 12.1 Å². The Morgan fingerprint density at radius 2 is 2.20 bits per heavy atom. The van der Waals surface area contributed by atoms with Crippen LogP contribution in [0.3, 0.4) is 0 Å². The first-order valence-corrected chi connectivity index (χ1v) is 7.73. The second-order valence-electron chi connectivity index (χ2n) is 4.76. The fourth-order valence-electron chi connectivity index (χ4n) is 2.27. The summed E-state index contributed by atoms with van der Waals surface area (Å²) in [6, 6.07) is 8.10. The lowest BCUT2D eigenvalue weighted by molar-refractivity contribution is 0.191. The molecule has 2 aromatic rings.